The summed E-state index contributed by atoms with van der Waals surface area (Å²) in [4.78, 5) is 6.86. The zero-order valence-corrected chi connectivity index (χ0v) is 9.65. The van der Waals surface area contributed by atoms with E-state index in [0.717, 1.165) is 24.0 Å². The number of piperidine rings is 1. The van der Waals surface area contributed by atoms with Crippen LogP contribution >= 0.6 is 11.8 Å². The predicted octanol–water partition coefficient (Wildman–Crippen LogP) is 1.16. The van der Waals surface area contributed by atoms with Crippen LogP contribution in [0.4, 0.5) is 0 Å². The van der Waals surface area contributed by atoms with Crippen LogP contribution in [0.25, 0.3) is 0 Å². The van der Waals surface area contributed by atoms with Crippen LogP contribution in [0.5, 0.6) is 0 Å². The number of hydrogen-bond acceptors (Lipinski definition) is 4. The first-order chi connectivity index (χ1) is 6.86. The summed E-state index contributed by atoms with van der Waals surface area (Å²) in [6.07, 6.45) is 4.08. The smallest absolute Gasteiger partial charge is 0.156 e. The molecule has 1 atom stereocenters. The van der Waals surface area contributed by atoms with Crippen molar-refractivity contribution in [1.82, 2.24) is 10.2 Å². The maximum Gasteiger partial charge on any atom is 0.156 e. The maximum atomic E-state index is 4.40. The zero-order valence-electron chi connectivity index (χ0n) is 8.83. The fourth-order valence-corrected chi connectivity index (χ4v) is 2.79. The van der Waals surface area contributed by atoms with Gasteiger partial charge in [0.2, 0.25) is 0 Å². The van der Waals surface area contributed by atoms with Crippen LogP contribution in [0.15, 0.2) is 4.99 Å². The van der Waals surface area contributed by atoms with Gasteiger partial charge in [0, 0.05) is 18.3 Å². The second-order valence-electron chi connectivity index (χ2n) is 4.05. The van der Waals surface area contributed by atoms with Crippen molar-refractivity contribution in [2.24, 2.45) is 4.99 Å². The first-order valence-corrected chi connectivity index (χ1v) is 6.46. The summed E-state index contributed by atoms with van der Waals surface area (Å²) in [5.74, 6) is 1.16. The van der Waals surface area contributed by atoms with E-state index in [4.69, 9.17) is 0 Å². The SMILES string of the molecule is CN1CCCCC1CNC1=NCCS1. The van der Waals surface area contributed by atoms with Gasteiger partial charge < -0.3 is 10.2 Å². The molecule has 1 N–H and O–H groups in total. The molecule has 2 aliphatic heterocycles. The molecule has 0 spiro atoms. The quantitative estimate of drug-likeness (QED) is 0.746. The first-order valence-electron chi connectivity index (χ1n) is 5.47. The molecule has 4 heteroatoms. The molecule has 80 valence electrons. The summed E-state index contributed by atoms with van der Waals surface area (Å²) >= 11 is 1.85. The number of nitrogens with one attached hydrogen (secondary N) is 1. The van der Waals surface area contributed by atoms with E-state index in [1.165, 1.54) is 25.8 Å². The molecule has 2 rings (SSSR count). The summed E-state index contributed by atoms with van der Waals surface area (Å²) in [6.45, 7) is 3.32. The summed E-state index contributed by atoms with van der Waals surface area (Å²) in [7, 11) is 2.23. The van der Waals surface area contributed by atoms with Crippen molar-refractivity contribution in [3.8, 4) is 0 Å². The molecule has 0 amide bonds. The van der Waals surface area contributed by atoms with Gasteiger partial charge in [-0.1, -0.05) is 18.2 Å². The lowest BCUT2D eigenvalue weighted by molar-refractivity contribution is 0.187. The summed E-state index contributed by atoms with van der Waals surface area (Å²) in [5.41, 5.74) is 0. The second-order valence-corrected chi connectivity index (χ2v) is 5.13. The molecule has 14 heavy (non-hydrogen) atoms. The lowest BCUT2D eigenvalue weighted by Crippen LogP contribution is -2.43. The van der Waals surface area contributed by atoms with Crippen molar-refractivity contribution < 1.29 is 0 Å². The van der Waals surface area contributed by atoms with Crippen LogP contribution in [-0.2, 0) is 0 Å². The van der Waals surface area contributed by atoms with Crippen LogP contribution in [-0.4, -0.2) is 48.5 Å². The van der Waals surface area contributed by atoms with E-state index in [1.54, 1.807) is 0 Å². The highest BCUT2D eigenvalue weighted by molar-refractivity contribution is 8.14. The van der Waals surface area contributed by atoms with Gasteiger partial charge in [0.1, 0.15) is 0 Å². The Hall–Kier alpha value is -0.220. The number of thioether (sulfide) groups is 1. The number of hydrogen-bond donors (Lipinski definition) is 1. The molecule has 0 aromatic rings. The minimum absolute atomic E-state index is 0.715. The Morgan fingerprint density at radius 2 is 2.50 bits per heavy atom. The van der Waals surface area contributed by atoms with Gasteiger partial charge in [0.25, 0.3) is 0 Å². The second kappa shape index (κ2) is 5.03. The van der Waals surface area contributed by atoms with E-state index in [1.807, 2.05) is 11.8 Å². The number of nitrogens with zero attached hydrogens (tertiary/aromatic N) is 2. The Bertz CT molecular complexity index is 217. The Labute approximate surface area is 90.3 Å². The molecule has 0 aliphatic carbocycles. The minimum atomic E-state index is 0.715. The highest BCUT2D eigenvalue weighted by Crippen LogP contribution is 2.15. The Morgan fingerprint density at radius 3 is 3.21 bits per heavy atom. The third-order valence-electron chi connectivity index (χ3n) is 3.00. The van der Waals surface area contributed by atoms with Crippen molar-refractivity contribution in [3.05, 3.63) is 0 Å². The van der Waals surface area contributed by atoms with Crippen LogP contribution < -0.4 is 5.32 Å². The van der Waals surface area contributed by atoms with E-state index < -0.39 is 0 Å². The molecule has 2 heterocycles. The van der Waals surface area contributed by atoms with Gasteiger partial charge in [-0.25, -0.2) is 0 Å². The molecule has 0 saturated carbocycles. The van der Waals surface area contributed by atoms with Gasteiger partial charge >= 0.3 is 0 Å². The van der Waals surface area contributed by atoms with E-state index >= 15 is 0 Å². The fraction of sp³-hybridized carbons (Fsp3) is 0.900. The lowest BCUT2D eigenvalue weighted by Gasteiger charge is -2.32. The molecule has 0 aromatic carbocycles. The summed E-state index contributed by atoms with van der Waals surface area (Å²) in [5, 5.41) is 4.61. The van der Waals surface area contributed by atoms with Gasteiger partial charge in [-0.05, 0) is 26.4 Å². The monoisotopic (exact) mass is 213 g/mol. The zero-order chi connectivity index (χ0) is 9.80. The van der Waals surface area contributed by atoms with E-state index in [2.05, 4.69) is 22.3 Å². The molecule has 3 nitrogen and oxygen atoms in total. The lowest BCUT2D eigenvalue weighted by atomic mass is 10.0. The molecular formula is C10H19N3S. The van der Waals surface area contributed by atoms with Crippen molar-refractivity contribution in [2.45, 2.75) is 25.3 Å². The summed E-state index contributed by atoms with van der Waals surface area (Å²) in [6, 6.07) is 0.715. The summed E-state index contributed by atoms with van der Waals surface area (Å²) < 4.78 is 0. The van der Waals surface area contributed by atoms with Gasteiger partial charge in [0.15, 0.2) is 5.17 Å². The molecule has 1 saturated heterocycles. The molecule has 0 bridgehead atoms. The number of amidine groups is 1. The standard InChI is InChI=1S/C10H19N3S/c1-13-6-3-2-4-9(13)8-12-10-11-5-7-14-10/h9H,2-8H2,1H3,(H,11,12). The number of likely N-dealkylation sites (tertiary alicyclic amines) is 1. The van der Waals surface area contributed by atoms with Crippen LogP contribution in [0.3, 0.4) is 0 Å². The number of aliphatic imine (C=N–C) groups is 1. The van der Waals surface area contributed by atoms with E-state index in [0.29, 0.717) is 6.04 Å². The van der Waals surface area contributed by atoms with Crippen molar-refractivity contribution in [3.63, 3.8) is 0 Å². The highest BCUT2D eigenvalue weighted by Gasteiger charge is 2.19. The van der Waals surface area contributed by atoms with Gasteiger partial charge in [-0.15, -0.1) is 0 Å². The van der Waals surface area contributed by atoms with Gasteiger partial charge in [0.05, 0.1) is 6.54 Å². The molecule has 1 unspecified atom stereocenters. The molecule has 0 radical (unpaired) electrons. The third-order valence-corrected chi connectivity index (χ3v) is 3.93. The van der Waals surface area contributed by atoms with E-state index in [-0.39, 0.29) is 0 Å². The van der Waals surface area contributed by atoms with Gasteiger partial charge in [-0.2, -0.15) is 0 Å². The normalized spacial score (nSPS) is 28.9. The van der Waals surface area contributed by atoms with Crippen LogP contribution in [0.1, 0.15) is 19.3 Å². The predicted molar refractivity (Wildman–Crippen MR) is 63.0 cm³/mol. The highest BCUT2D eigenvalue weighted by atomic mass is 32.2. The Morgan fingerprint density at radius 1 is 1.57 bits per heavy atom. The van der Waals surface area contributed by atoms with Crippen LogP contribution in [0, 0.1) is 0 Å². The van der Waals surface area contributed by atoms with Crippen molar-refractivity contribution in [2.75, 3.05) is 32.4 Å². The van der Waals surface area contributed by atoms with Crippen molar-refractivity contribution in [1.29, 1.82) is 0 Å². The third kappa shape index (κ3) is 2.64. The minimum Gasteiger partial charge on any atom is -0.363 e. The number of likely N-dealkylation sites (N-methyl/N-ethyl adjacent to an activating group) is 1. The van der Waals surface area contributed by atoms with E-state index in [9.17, 15) is 0 Å². The molecule has 0 aromatic heterocycles. The fourth-order valence-electron chi connectivity index (χ4n) is 2.05. The topological polar surface area (TPSA) is 27.6 Å². The molecule has 1 fully saturated rings. The largest absolute Gasteiger partial charge is 0.363 e. The average Bonchev–Trinajstić information content (AvgIpc) is 2.69. The molecular weight excluding hydrogens is 194 g/mol. The van der Waals surface area contributed by atoms with Gasteiger partial charge in [-0.3, -0.25) is 4.99 Å². The Kier molecular flexibility index (Phi) is 3.70. The average molecular weight is 213 g/mol. The molecule has 2 aliphatic rings. The van der Waals surface area contributed by atoms with Crippen molar-refractivity contribution >= 4 is 16.9 Å². The maximum absolute atomic E-state index is 4.40. The first kappa shape index (κ1) is 10.3. The number of rotatable bonds is 2. The van der Waals surface area contributed by atoms with Crippen LogP contribution in [0.2, 0.25) is 0 Å². The Balaban J connectivity index is 1.73.